The van der Waals surface area contributed by atoms with Crippen molar-refractivity contribution < 1.29 is 14.7 Å². The Morgan fingerprint density at radius 2 is 2.00 bits per heavy atom. The predicted octanol–water partition coefficient (Wildman–Crippen LogP) is 2.76. The maximum Gasteiger partial charge on any atom is 0.279 e. The summed E-state index contributed by atoms with van der Waals surface area (Å²) >= 11 is 2.38. The van der Waals surface area contributed by atoms with E-state index >= 15 is 0 Å². The minimum atomic E-state index is -0.717. The Morgan fingerprint density at radius 1 is 1.27 bits per heavy atom. The van der Waals surface area contributed by atoms with E-state index in [0.717, 1.165) is 49.4 Å². The molecule has 30 heavy (non-hydrogen) atoms. The van der Waals surface area contributed by atoms with Gasteiger partial charge in [-0.1, -0.05) is 24.6 Å². The standard InChI is InChI=1S/C19H21N5O4S2/c1-10(25)21-15-16(27)23-19(24-17(15)28)29-9-14(26)22-18-12(8-20)11-6-4-2-3-5-7-13(11)30-18/h2-7,9H2,1H3,(H,21,25)(H,22,26)(H2,23,24,27,28). The number of amides is 2. The number of fused-ring (bicyclic) bond motifs is 1. The molecule has 0 atom stereocenters. The normalized spacial score (nSPS) is 13.5. The van der Waals surface area contributed by atoms with Crippen LogP contribution in [0, 0.1) is 11.3 Å². The number of thiophene rings is 1. The molecule has 2 amide bonds. The average molecular weight is 448 g/mol. The van der Waals surface area contributed by atoms with E-state index in [9.17, 15) is 24.8 Å². The second-order valence-corrected chi connectivity index (χ2v) is 8.89. The van der Waals surface area contributed by atoms with Crippen molar-refractivity contribution in [3.8, 4) is 11.9 Å². The smallest absolute Gasteiger partial charge is 0.279 e. The molecule has 0 saturated heterocycles. The van der Waals surface area contributed by atoms with Crippen LogP contribution < -0.4 is 16.2 Å². The minimum Gasteiger partial charge on any atom is -0.492 e. The zero-order valence-corrected chi connectivity index (χ0v) is 18.0. The van der Waals surface area contributed by atoms with Gasteiger partial charge < -0.3 is 15.7 Å². The van der Waals surface area contributed by atoms with E-state index in [4.69, 9.17) is 0 Å². The fourth-order valence-corrected chi connectivity index (χ4v) is 5.13. The number of nitrogens with one attached hydrogen (secondary N) is 3. The molecule has 1 aliphatic rings. The first kappa shape index (κ1) is 21.9. The molecule has 0 spiro atoms. The van der Waals surface area contributed by atoms with Crippen molar-refractivity contribution in [1.29, 1.82) is 5.26 Å². The molecule has 2 heterocycles. The van der Waals surface area contributed by atoms with Gasteiger partial charge in [-0.2, -0.15) is 10.2 Å². The van der Waals surface area contributed by atoms with Crippen molar-refractivity contribution in [3.63, 3.8) is 0 Å². The van der Waals surface area contributed by atoms with Gasteiger partial charge >= 0.3 is 0 Å². The highest BCUT2D eigenvalue weighted by Crippen LogP contribution is 2.36. The monoisotopic (exact) mass is 447 g/mol. The summed E-state index contributed by atoms with van der Waals surface area (Å²) in [4.78, 5) is 42.8. The van der Waals surface area contributed by atoms with E-state index in [2.05, 4.69) is 26.7 Å². The van der Waals surface area contributed by atoms with E-state index in [1.807, 2.05) is 0 Å². The molecule has 2 aromatic rings. The summed E-state index contributed by atoms with van der Waals surface area (Å²) < 4.78 is 0. The third-order valence-corrected chi connectivity index (χ3v) is 6.64. The fraction of sp³-hybridized carbons (Fsp3) is 0.421. The van der Waals surface area contributed by atoms with E-state index in [0.29, 0.717) is 10.6 Å². The van der Waals surface area contributed by atoms with Gasteiger partial charge in [0.2, 0.25) is 17.7 Å². The van der Waals surface area contributed by atoms with Crippen LogP contribution in [0.3, 0.4) is 0 Å². The zero-order valence-electron chi connectivity index (χ0n) is 16.3. The molecule has 3 rings (SSSR count). The Balaban J connectivity index is 1.68. The molecule has 158 valence electrons. The van der Waals surface area contributed by atoms with Crippen LogP contribution in [-0.2, 0) is 22.4 Å². The number of H-pyrrole nitrogens is 1. The van der Waals surface area contributed by atoms with Crippen molar-refractivity contribution in [2.24, 2.45) is 0 Å². The van der Waals surface area contributed by atoms with Gasteiger partial charge in [-0.3, -0.25) is 19.4 Å². The minimum absolute atomic E-state index is 0.0423. The summed E-state index contributed by atoms with van der Waals surface area (Å²) in [6, 6.07) is 2.23. The van der Waals surface area contributed by atoms with Crippen LogP contribution in [0.2, 0.25) is 0 Å². The van der Waals surface area contributed by atoms with Gasteiger partial charge in [0.25, 0.3) is 5.56 Å². The van der Waals surface area contributed by atoms with Crippen molar-refractivity contribution >= 4 is 45.6 Å². The quantitative estimate of drug-likeness (QED) is 0.407. The molecule has 9 nitrogen and oxygen atoms in total. The van der Waals surface area contributed by atoms with Gasteiger partial charge in [0.15, 0.2) is 10.8 Å². The van der Waals surface area contributed by atoms with Gasteiger partial charge in [0, 0.05) is 11.8 Å². The number of hydrogen-bond acceptors (Lipinski definition) is 8. The average Bonchev–Trinajstić information content (AvgIpc) is 2.98. The third-order valence-electron chi connectivity index (χ3n) is 4.56. The van der Waals surface area contributed by atoms with Crippen LogP contribution >= 0.6 is 23.1 Å². The van der Waals surface area contributed by atoms with Crippen LogP contribution in [-0.4, -0.2) is 32.6 Å². The molecule has 0 fully saturated rings. The summed E-state index contributed by atoms with van der Waals surface area (Å²) in [5, 5.41) is 25.0. The Kier molecular flexibility index (Phi) is 7.12. The first-order valence-electron chi connectivity index (χ1n) is 9.47. The number of aryl methyl sites for hydroxylation is 1. The van der Waals surface area contributed by atoms with Crippen LogP contribution in [0.25, 0.3) is 0 Å². The van der Waals surface area contributed by atoms with Crippen LogP contribution in [0.5, 0.6) is 5.88 Å². The lowest BCUT2D eigenvalue weighted by Gasteiger charge is -2.08. The zero-order chi connectivity index (χ0) is 21.7. The number of thioether (sulfide) groups is 1. The number of hydrogen-bond donors (Lipinski definition) is 4. The second kappa shape index (κ2) is 9.77. The van der Waals surface area contributed by atoms with Gasteiger partial charge in [0.1, 0.15) is 11.1 Å². The Bertz CT molecular complexity index is 1070. The lowest BCUT2D eigenvalue weighted by atomic mass is 9.97. The summed E-state index contributed by atoms with van der Waals surface area (Å²) in [6.45, 7) is 1.20. The van der Waals surface area contributed by atoms with Gasteiger partial charge in [-0.05, 0) is 31.2 Å². The van der Waals surface area contributed by atoms with E-state index < -0.39 is 17.3 Å². The number of carbonyl (C=O) groups is 2. The Morgan fingerprint density at radius 3 is 2.67 bits per heavy atom. The maximum atomic E-state index is 12.4. The number of anilines is 2. The van der Waals surface area contributed by atoms with Gasteiger partial charge in [-0.25, -0.2) is 0 Å². The first-order chi connectivity index (χ1) is 14.4. The van der Waals surface area contributed by atoms with Crippen LogP contribution in [0.15, 0.2) is 9.95 Å². The first-order valence-corrected chi connectivity index (χ1v) is 11.3. The molecule has 0 unspecified atom stereocenters. The molecule has 0 aromatic carbocycles. The Labute approximate surface area is 180 Å². The van der Waals surface area contributed by atoms with Crippen molar-refractivity contribution in [2.45, 2.75) is 50.6 Å². The number of rotatable bonds is 5. The maximum absolute atomic E-state index is 12.4. The van der Waals surface area contributed by atoms with Crippen LogP contribution in [0.4, 0.5) is 10.7 Å². The SMILES string of the molecule is CC(=O)Nc1c(O)nc(SCC(=O)Nc2sc3c(c2C#N)CCCCCC3)[nH]c1=O. The molecule has 1 aliphatic carbocycles. The summed E-state index contributed by atoms with van der Waals surface area (Å²) in [5.74, 6) is -1.56. The molecule has 0 saturated carbocycles. The summed E-state index contributed by atoms with van der Waals surface area (Å²) in [6.07, 6.45) is 6.22. The summed E-state index contributed by atoms with van der Waals surface area (Å²) in [5.41, 5.74) is 0.533. The number of nitriles is 1. The van der Waals surface area contributed by atoms with Crippen molar-refractivity contribution in [1.82, 2.24) is 9.97 Å². The molecule has 2 aromatic heterocycles. The molecular formula is C19H21N5O4S2. The molecule has 0 bridgehead atoms. The van der Waals surface area contributed by atoms with Crippen LogP contribution in [0.1, 0.15) is 48.6 Å². The van der Waals surface area contributed by atoms with E-state index in [-0.39, 0.29) is 22.5 Å². The van der Waals surface area contributed by atoms with Crippen molar-refractivity contribution in [2.75, 3.05) is 16.4 Å². The molecule has 0 radical (unpaired) electrons. The lowest BCUT2D eigenvalue weighted by Crippen LogP contribution is -2.19. The molecule has 0 aliphatic heterocycles. The largest absolute Gasteiger partial charge is 0.492 e. The second-order valence-electron chi connectivity index (χ2n) is 6.82. The number of aromatic hydroxyl groups is 1. The molecule has 4 N–H and O–H groups in total. The highest BCUT2D eigenvalue weighted by Gasteiger charge is 2.21. The predicted molar refractivity (Wildman–Crippen MR) is 115 cm³/mol. The highest BCUT2D eigenvalue weighted by molar-refractivity contribution is 7.99. The molecule has 11 heteroatoms. The van der Waals surface area contributed by atoms with Gasteiger partial charge in [0.05, 0.1) is 11.3 Å². The lowest BCUT2D eigenvalue weighted by molar-refractivity contribution is -0.114. The number of aromatic nitrogens is 2. The number of carbonyl (C=O) groups excluding carboxylic acids is 2. The Hall–Kier alpha value is -2.84. The highest BCUT2D eigenvalue weighted by atomic mass is 32.2. The number of aromatic amines is 1. The van der Waals surface area contributed by atoms with Gasteiger partial charge in [-0.15, -0.1) is 11.3 Å². The third kappa shape index (κ3) is 5.20. The number of nitrogens with zero attached hydrogens (tertiary/aromatic N) is 2. The van der Waals surface area contributed by atoms with E-state index in [1.54, 1.807) is 0 Å². The fourth-order valence-electron chi connectivity index (χ4n) is 3.22. The van der Waals surface area contributed by atoms with E-state index in [1.165, 1.54) is 29.6 Å². The molecular weight excluding hydrogens is 426 g/mol. The summed E-state index contributed by atoms with van der Waals surface area (Å²) in [7, 11) is 0. The topological polar surface area (TPSA) is 148 Å². The van der Waals surface area contributed by atoms with Crippen molar-refractivity contribution in [3.05, 3.63) is 26.4 Å².